The molecular weight excluding hydrogens is 509 g/mol. The molecule has 3 nitrogen and oxygen atoms in total. The summed E-state index contributed by atoms with van der Waals surface area (Å²) in [6.07, 6.45) is 0. The number of fused-ring (bicyclic) bond motifs is 7. The normalized spacial score (nSPS) is 14.7. The van der Waals surface area contributed by atoms with Gasteiger partial charge in [-0.3, -0.25) is 0 Å². The maximum atomic E-state index is 6.67. The van der Waals surface area contributed by atoms with Crippen molar-refractivity contribution >= 4 is 45.6 Å². The topological polar surface area (TPSA) is 23.4 Å². The third kappa shape index (κ3) is 3.04. The van der Waals surface area contributed by atoms with Crippen LogP contribution in [0.3, 0.4) is 0 Å². The fourth-order valence-electron chi connectivity index (χ4n) is 6.22. The van der Waals surface area contributed by atoms with E-state index >= 15 is 0 Å². The fourth-order valence-corrected chi connectivity index (χ4v) is 8.83. The van der Waals surface area contributed by atoms with E-state index in [9.17, 15) is 0 Å². The lowest BCUT2D eigenvalue weighted by Gasteiger charge is -2.35. The second kappa shape index (κ2) is 8.32. The number of nitrogens with zero attached hydrogens (tertiary/aromatic N) is 1. The summed E-state index contributed by atoms with van der Waals surface area (Å²) < 4.78 is 15.4. The number of hydrogen-bond acceptors (Lipinski definition) is 2. The van der Waals surface area contributed by atoms with Crippen LogP contribution in [0.1, 0.15) is 0 Å². The molecule has 0 saturated carbocycles. The highest BCUT2D eigenvalue weighted by atomic mass is 31.1. The van der Waals surface area contributed by atoms with Gasteiger partial charge in [-0.1, -0.05) is 84.9 Å². The Kier molecular flexibility index (Phi) is 4.58. The highest BCUT2D eigenvalue weighted by molar-refractivity contribution is 7.80. The van der Waals surface area contributed by atoms with Crippen molar-refractivity contribution in [2.45, 2.75) is 0 Å². The summed E-state index contributed by atoms with van der Waals surface area (Å²) >= 11 is 0. The zero-order valence-electron chi connectivity index (χ0n) is 21.4. The lowest BCUT2D eigenvalue weighted by atomic mass is 10.0. The van der Waals surface area contributed by atoms with Gasteiger partial charge in [0.15, 0.2) is 0 Å². The quantitative estimate of drug-likeness (QED) is 0.209. The van der Waals surface area contributed by atoms with Gasteiger partial charge < -0.3 is 14.0 Å². The first-order valence-electron chi connectivity index (χ1n) is 13.4. The van der Waals surface area contributed by atoms with Crippen LogP contribution in [0.25, 0.3) is 38.6 Å². The van der Waals surface area contributed by atoms with E-state index in [-0.39, 0.29) is 0 Å². The molecular formula is C36H22NO2P. The highest BCUT2D eigenvalue weighted by Crippen LogP contribution is 2.54. The standard InChI is InChI=1S/C36H22NO2P/c1-3-11-28-26(9-1)27-10-2-4-12-29(27)37(28)24-19-17-23(18-20-24)25-21-22-32-36-35(25)39-31-14-6-8-16-34(31)40(36)33-15-7-5-13-30(33)38-32/h1-22H. The van der Waals surface area contributed by atoms with Crippen molar-refractivity contribution in [3.05, 3.63) is 133 Å². The first-order chi connectivity index (χ1) is 19.8. The largest absolute Gasteiger partial charge is 0.456 e. The molecule has 0 aliphatic carbocycles. The lowest BCUT2D eigenvalue weighted by Crippen LogP contribution is -2.32. The molecule has 0 bridgehead atoms. The minimum absolute atomic E-state index is 0.788. The van der Waals surface area contributed by atoms with Gasteiger partial charge in [0, 0.05) is 40.6 Å². The van der Waals surface area contributed by atoms with Gasteiger partial charge in [-0.25, -0.2) is 0 Å². The molecule has 0 radical (unpaired) electrons. The second-order valence-electron chi connectivity index (χ2n) is 10.2. The first kappa shape index (κ1) is 22.0. The Labute approximate surface area is 232 Å². The Bertz CT molecular complexity index is 2060. The predicted octanol–water partition coefficient (Wildman–Crippen LogP) is 8.42. The Morgan fingerprint density at radius 3 is 1.73 bits per heavy atom. The minimum Gasteiger partial charge on any atom is -0.456 e. The van der Waals surface area contributed by atoms with Crippen molar-refractivity contribution in [3.63, 3.8) is 0 Å². The number of benzene rings is 6. The molecule has 4 heteroatoms. The van der Waals surface area contributed by atoms with Crippen molar-refractivity contribution in [1.29, 1.82) is 0 Å². The van der Waals surface area contributed by atoms with Crippen LogP contribution in [0.4, 0.5) is 0 Å². The van der Waals surface area contributed by atoms with E-state index in [1.165, 1.54) is 32.4 Å². The van der Waals surface area contributed by atoms with Crippen molar-refractivity contribution in [3.8, 4) is 39.8 Å². The van der Waals surface area contributed by atoms with Crippen LogP contribution in [0.2, 0.25) is 0 Å². The Morgan fingerprint density at radius 2 is 1.05 bits per heavy atom. The molecule has 0 N–H and O–H groups in total. The van der Waals surface area contributed by atoms with Gasteiger partial charge in [0.05, 0.1) is 16.3 Å². The molecule has 9 rings (SSSR count). The molecule has 188 valence electrons. The van der Waals surface area contributed by atoms with Crippen LogP contribution in [0.15, 0.2) is 133 Å². The summed E-state index contributed by atoms with van der Waals surface area (Å²) in [6, 6.07) is 47.2. The SMILES string of the molecule is c1ccc2c(c1)Oc1ccc(-c3ccc(-n4c5ccccc5c5ccccc54)cc3)c3c1P2c1ccccc1O3. The van der Waals surface area contributed by atoms with Crippen LogP contribution in [0.5, 0.6) is 23.0 Å². The van der Waals surface area contributed by atoms with E-state index in [1.54, 1.807) is 0 Å². The fraction of sp³-hybridized carbons (Fsp3) is 0. The first-order valence-corrected chi connectivity index (χ1v) is 14.8. The summed E-state index contributed by atoms with van der Waals surface area (Å²) in [5, 5.41) is 6.17. The molecule has 1 unspecified atom stereocenters. The Hall–Kier alpha value is -4.85. The van der Waals surface area contributed by atoms with Crippen LogP contribution in [-0.2, 0) is 0 Å². The van der Waals surface area contributed by atoms with Gasteiger partial charge in [0.1, 0.15) is 23.0 Å². The molecule has 1 aromatic heterocycles. The average molecular weight is 532 g/mol. The Morgan fingerprint density at radius 1 is 0.475 bits per heavy atom. The monoisotopic (exact) mass is 531 g/mol. The van der Waals surface area contributed by atoms with Gasteiger partial charge in [0.25, 0.3) is 0 Å². The number of hydrogen-bond donors (Lipinski definition) is 0. The molecule has 0 saturated heterocycles. The summed E-state index contributed by atoms with van der Waals surface area (Å²) in [5.74, 6) is 3.66. The summed E-state index contributed by atoms with van der Waals surface area (Å²) in [5.41, 5.74) is 5.76. The van der Waals surface area contributed by atoms with Crippen LogP contribution in [0, 0.1) is 0 Å². The maximum Gasteiger partial charge on any atom is 0.147 e. The van der Waals surface area contributed by atoms with Crippen molar-refractivity contribution in [2.24, 2.45) is 0 Å². The molecule has 2 aliphatic heterocycles. The third-order valence-electron chi connectivity index (χ3n) is 7.98. The van der Waals surface area contributed by atoms with E-state index in [2.05, 4.69) is 132 Å². The van der Waals surface area contributed by atoms with E-state index in [0.29, 0.717) is 0 Å². The van der Waals surface area contributed by atoms with Gasteiger partial charge >= 0.3 is 0 Å². The number of ether oxygens (including phenoxy) is 2. The minimum atomic E-state index is -0.788. The molecule has 1 atom stereocenters. The van der Waals surface area contributed by atoms with E-state index in [4.69, 9.17) is 9.47 Å². The highest BCUT2D eigenvalue weighted by Gasteiger charge is 2.38. The summed E-state index contributed by atoms with van der Waals surface area (Å²) in [6.45, 7) is 0. The summed E-state index contributed by atoms with van der Waals surface area (Å²) in [4.78, 5) is 0. The van der Waals surface area contributed by atoms with Gasteiger partial charge in [-0.2, -0.15) is 0 Å². The molecule has 6 aromatic carbocycles. The molecule has 40 heavy (non-hydrogen) atoms. The molecule has 7 aromatic rings. The molecule has 0 spiro atoms. The zero-order chi connectivity index (χ0) is 26.2. The average Bonchev–Trinajstić information content (AvgIpc) is 3.35. The van der Waals surface area contributed by atoms with E-state index in [1.807, 2.05) is 6.07 Å². The zero-order valence-corrected chi connectivity index (χ0v) is 22.3. The molecule has 0 amide bonds. The third-order valence-corrected chi connectivity index (χ3v) is 10.6. The lowest BCUT2D eigenvalue weighted by molar-refractivity contribution is 0.467. The van der Waals surface area contributed by atoms with E-state index in [0.717, 1.165) is 45.1 Å². The maximum absolute atomic E-state index is 6.67. The number of para-hydroxylation sites is 4. The van der Waals surface area contributed by atoms with Gasteiger partial charge in [0.2, 0.25) is 0 Å². The summed E-state index contributed by atoms with van der Waals surface area (Å²) in [7, 11) is -0.788. The molecule has 0 fully saturated rings. The van der Waals surface area contributed by atoms with Crippen LogP contribution < -0.4 is 25.4 Å². The van der Waals surface area contributed by atoms with E-state index < -0.39 is 7.92 Å². The smallest absolute Gasteiger partial charge is 0.147 e. The number of rotatable bonds is 2. The molecule has 3 heterocycles. The van der Waals surface area contributed by atoms with Crippen LogP contribution >= 0.6 is 7.92 Å². The van der Waals surface area contributed by atoms with Gasteiger partial charge in [-0.15, -0.1) is 0 Å². The number of aromatic nitrogens is 1. The second-order valence-corrected chi connectivity index (χ2v) is 12.3. The van der Waals surface area contributed by atoms with Crippen molar-refractivity contribution in [1.82, 2.24) is 4.57 Å². The van der Waals surface area contributed by atoms with Gasteiger partial charge in [-0.05, 0) is 54.1 Å². The van der Waals surface area contributed by atoms with Crippen molar-refractivity contribution < 1.29 is 9.47 Å². The van der Waals surface area contributed by atoms with Crippen molar-refractivity contribution in [2.75, 3.05) is 0 Å². The molecule has 2 aliphatic rings. The Balaban J connectivity index is 1.21. The predicted molar refractivity (Wildman–Crippen MR) is 165 cm³/mol. The van der Waals surface area contributed by atoms with Crippen LogP contribution in [-0.4, -0.2) is 4.57 Å².